The van der Waals surface area contributed by atoms with Gasteiger partial charge in [-0.3, -0.25) is 4.79 Å². The first kappa shape index (κ1) is 16.6. The van der Waals surface area contributed by atoms with Gasteiger partial charge in [0.25, 0.3) is 5.91 Å². The number of hydrogen-bond acceptors (Lipinski definition) is 7. The zero-order valence-electron chi connectivity index (χ0n) is 14.6. The van der Waals surface area contributed by atoms with Gasteiger partial charge < -0.3 is 24.6 Å². The molecular formula is C18H21N5O3. The number of carbonyl (C=O) groups excluding carboxylic acids is 1. The van der Waals surface area contributed by atoms with Crippen LogP contribution >= 0.6 is 0 Å². The number of nitrogens with zero attached hydrogens (tertiary/aromatic N) is 4. The summed E-state index contributed by atoms with van der Waals surface area (Å²) in [7, 11) is 0. The number of piperazine rings is 1. The Morgan fingerprint density at radius 1 is 1.12 bits per heavy atom. The van der Waals surface area contributed by atoms with E-state index in [1.807, 2.05) is 0 Å². The predicted octanol–water partition coefficient (Wildman–Crippen LogP) is 1.60. The summed E-state index contributed by atoms with van der Waals surface area (Å²) in [5.41, 5.74) is 0.974. The summed E-state index contributed by atoms with van der Waals surface area (Å²) in [5, 5.41) is 2.84. The number of likely N-dealkylation sites (N-methyl/N-ethyl adjacent to an activating group) is 1. The van der Waals surface area contributed by atoms with E-state index in [0.29, 0.717) is 22.9 Å². The minimum atomic E-state index is -0.278. The van der Waals surface area contributed by atoms with Crippen LogP contribution in [0, 0.1) is 0 Å². The van der Waals surface area contributed by atoms with Crippen molar-refractivity contribution in [2.75, 3.05) is 49.7 Å². The highest BCUT2D eigenvalue weighted by atomic mass is 16.7. The third-order valence-corrected chi connectivity index (χ3v) is 4.66. The topological polar surface area (TPSA) is 79.8 Å². The van der Waals surface area contributed by atoms with Crippen LogP contribution in [-0.2, 0) is 0 Å². The van der Waals surface area contributed by atoms with E-state index in [9.17, 15) is 4.79 Å². The van der Waals surface area contributed by atoms with Crippen LogP contribution in [0.4, 0.5) is 11.5 Å². The molecule has 3 heterocycles. The second-order valence-corrected chi connectivity index (χ2v) is 6.20. The highest BCUT2D eigenvalue weighted by molar-refractivity contribution is 6.03. The van der Waals surface area contributed by atoms with Gasteiger partial charge in [0.15, 0.2) is 11.5 Å². The first-order valence-corrected chi connectivity index (χ1v) is 8.73. The van der Waals surface area contributed by atoms with Gasteiger partial charge in [0, 0.05) is 44.0 Å². The van der Waals surface area contributed by atoms with Gasteiger partial charge in [0.05, 0.1) is 0 Å². The van der Waals surface area contributed by atoms with Crippen LogP contribution in [0.3, 0.4) is 0 Å². The molecule has 1 saturated heterocycles. The van der Waals surface area contributed by atoms with Crippen molar-refractivity contribution in [3.63, 3.8) is 0 Å². The number of aromatic nitrogens is 2. The molecule has 136 valence electrons. The summed E-state index contributed by atoms with van der Waals surface area (Å²) in [5.74, 6) is 1.81. The fourth-order valence-corrected chi connectivity index (χ4v) is 3.11. The summed E-state index contributed by atoms with van der Waals surface area (Å²) in [4.78, 5) is 25.6. The minimum absolute atomic E-state index is 0.202. The Balaban J connectivity index is 1.45. The molecule has 2 aliphatic heterocycles. The lowest BCUT2D eigenvalue weighted by molar-refractivity contribution is 0.102. The number of anilines is 2. The van der Waals surface area contributed by atoms with E-state index in [1.54, 1.807) is 24.3 Å². The van der Waals surface area contributed by atoms with Crippen LogP contribution in [0.5, 0.6) is 11.5 Å². The maximum Gasteiger partial charge on any atom is 0.274 e. The van der Waals surface area contributed by atoms with Gasteiger partial charge in [0.2, 0.25) is 6.79 Å². The molecule has 2 aliphatic rings. The Bertz CT molecular complexity index is 805. The molecule has 0 atom stereocenters. The first-order chi connectivity index (χ1) is 12.7. The Morgan fingerprint density at radius 2 is 1.92 bits per heavy atom. The molecule has 8 heteroatoms. The van der Waals surface area contributed by atoms with E-state index in [4.69, 9.17) is 9.47 Å². The van der Waals surface area contributed by atoms with Crippen molar-refractivity contribution in [1.82, 2.24) is 14.9 Å². The third kappa shape index (κ3) is 3.41. The number of nitrogens with one attached hydrogen (secondary N) is 1. The molecule has 0 radical (unpaired) electrons. The molecule has 8 nitrogen and oxygen atoms in total. The fraction of sp³-hybridized carbons (Fsp3) is 0.389. The van der Waals surface area contributed by atoms with E-state index in [-0.39, 0.29) is 12.7 Å². The van der Waals surface area contributed by atoms with Crippen molar-refractivity contribution < 1.29 is 14.3 Å². The van der Waals surface area contributed by atoms with Crippen molar-refractivity contribution in [2.24, 2.45) is 0 Å². The summed E-state index contributed by atoms with van der Waals surface area (Å²) in [6, 6.07) is 7.03. The van der Waals surface area contributed by atoms with E-state index in [1.165, 1.54) is 6.33 Å². The molecule has 1 fully saturated rings. The average molecular weight is 355 g/mol. The number of ether oxygens (including phenoxy) is 2. The van der Waals surface area contributed by atoms with E-state index in [2.05, 4.69) is 32.0 Å². The van der Waals surface area contributed by atoms with Crippen molar-refractivity contribution in [3.8, 4) is 11.5 Å². The number of amides is 1. The zero-order chi connectivity index (χ0) is 17.9. The highest BCUT2D eigenvalue weighted by Crippen LogP contribution is 2.34. The molecule has 4 rings (SSSR count). The molecule has 1 N–H and O–H groups in total. The number of fused-ring (bicyclic) bond motifs is 1. The summed E-state index contributed by atoms with van der Waals surface area (Å²) in [6.45, 7) is 7.22. The largest absolute Gasteiger partial charge is 0.454 e. The summed E-state index contributed by atoms with van der Waals surface area (Å²) >= 11 is 0. The van der Waals surface area contributed by atoms with Gasteiger partial charge in [-0.15, -0.1) is 0 Å². The third-order valence-electron chi connectivity index (χ3n) is 4.66. The van der Waals surface area contributed by atoms with E-state index in [0.717, 1.165) is 38.5 Å². The summed E-state index contributed by atoms with van der Waals surface area (Å²) < 4.78 is 10.6. The maximum atomic E-state index is 12.5. The van der Waals surface area contributed by atoms with Gasteiger partial charge in [-0.2, -0.15) is 0 Å². The Kier molecular flexibility index (Phi) is 4.57. The zero-order valence-corrected chi connectivity index (χ0v) is 14.6. The number of benzene rings is 1. The van der Waals surface area contributed by atoms with Crippen molar-refractivity contribution in [2.45, 2.75) is 6.92 Å². The van der Waals surface area contributed by atoms with Crippen LogP contribution in [0.2, 0.25) is 0 Å². The molecule has 1 aromatic carbocycles. The van der Waals surface area contributed by atoms with Gasteiger partial charge in [0.1, 0.15) is 17.8 Å². The smallest absolute Gasteiger partial charge is 0.274 e. The molecule has 1 amide bonds. The Labute approximate surface area is 151 Å². The minimum Gasteiger partial charge on any atom is -0.454 e. The van der Waals surface area contributed by atoms with Crippen LogP contribution in [0.15, 0.2) is 30.6 Å². The standard InChI is InChI=1S/C18H21N5O3/c1-2-22-5-7-23(8-6-22)17-10-14(19-11-20-17)18(24)21-13-3-4-15-16(9-13)26-12-25-15/h3-4,9-11H,2,5-8,12H2,1H3,(H,21,24). The molecule has 0 saturated carbocycles. The van der Waals surface area contributed by atoms with E-state index >= 15 is 0 Å². The second kappa shape index (κ2) is 7.17. The lowest BCUT2D eigenvalue weighted by atomic mass is 10.2. The molecule has 0 unspecified atom stereocenters. The molecular weight excluding hydrogens is 334 g/mol. The van der Waals surface area contributed by atoms with Crippen molar-refractivity contribution >= 4 is 17.4 Å². The maximum absolute atomic E-state index is 12.5. The predicted molar refractivity (Wildman–Crippen MR) is 96.9 cm³/mol. The van der Waals surface area contributed by atoms with Gasteiger partial charge in [-0.1, -0.05) is 6.92 Å². The molecule has 0 spiro atoms. The SMILES string of the molecule is CCN1CCN(c2cc(C(=O)Nc3ccc4c(c3)OCO4)ncn2)CC1. The number of hydrogen-bond donors (Lipinski definition) is 1. The Morgan fingerprint density at radius 3 is 2.73 bits per heavy atom. The number of rotatable bonds is 4. The first-order valence-electron chi connectivity index (χ1n) is 8.73. The highest BCUT2D eigenvalue weighted by Gasteiger charge is 2.19. The fourth-order valence-electron chi connectivity index (χ4n) is 3.11. The average Bonchev–Trinajstić information content (AvgIpc) is 3.16. The quantitative estimate of drug-likeness (QED) is 0.892. The molecule has 0 bridgehead atoms. The molecule has 26 heavy (non-hydrogen) atoms. The lowest BCUT2D eigenvalue weighted by Crippen LogP contribution is -2.46. The molecule has 0 aliphatic carbocycles. The Hall–Kier alpha value is -2.87. The van der Waals surface area contributed by atoms with Crippen LogP contribution in [0.25, 0.3) is 0 Å². The van der Waals surface area contributed by atoms with Gasteiger partial charge in [-0.25, -0.2) is 9.97 Å². The monoisotopic (exact) mass is 355 g/mol. The lowest BCUT2D eigenvalue weighted by Gasteiger charge is -2.34. The second-order valence-electron chi connectivity index (χ2n) is 6.20. The molecule has 1 aromatic heterocycles. The van der Waals surface area contributed by atoms with Crippen molar-refractivity contribution in [1.29, 1.82) is 0 Å². The van der Waals surface area contributed by atoms with Crippen LogP contribution < -0.4 is 19.7 Å². The molecule has 2 aromatic rings. The van der Waals surface area contributed by atoms with Crippen LogP contribution in [-0.4, -0.2) is 60.3 Å². The van der Waals surface area contributed by atoms with Gasteiger partial charge in [-0.05, 0) is 18.7 Å². The van der Waals surface area contributed by atoms with Gasteiger partial charge >= 0.3 is 0 Å². The number of carbonyl (C=O) groups is 1. The van der Waals surface area contributed by atoms with Crippen LogP contribution in [0.1, 0.15) is 17.4 Å². The normalized spacial score (nSPS) is 16.6. The summed E-state index contributed by atoms with van der Waals surface area (Å²) in [6.07, 6.45) is 1.44. The van der Waals surface area contributed by atoms with Crippen molar-refractivity contribution in [3.05, 3.63) is 36.3 Å². The van der Waals surface area contributed by atoms with E-state index < -0.39 is 0 Å².